The summed E-state index contributed by atoms with van der Waals surface area (Å²) in [5, 5.41) is 9.00. The average molecular weight is 245 g/mol. The molecule has 1 aromatic heterocycles. The molecular formula is C13H15N3O2. The van der Waals surface area contributed by atoms with Crippen LogP contribution in [-0.2, 0) is 6.42 Å². The molecule has 94 valence electrons. The molecule has 2 rings (SSSR count). The van der Waals surface area contributed by atoms with E-state index >= 15 is 0 Å². The Morgan fingerprint density at radius 3 is 2.94 bits per heavy atom. The number of carboxylic acids is 1. The summed E-state index contributed by atoms with van der Waals surface area (Å²) in [6, 6.07) is 4.67. The maximum absolute atomic E-state index is 11.0. The molecule has 2 aromatic rings. The summed E-state index contributed by atoms with van der Waals surface area (Å²) in [4.78, 5) is 15.2. The van der Waals surface area contributed by atoms with Gasteiger partial charge in [-0.05, 0) is 24.6 Å². The summed E-state index contributed by atoms with van der Waals surface area (Å²) in [5.41, 5.74) is 7.32. The number of aryl methyl sites for hydroxylation is 1. The molecule has 5 heteroatoms. The number of carboxylic acid groups (broad SMARTS) is 1. The van der Waals surface area contributed by atoms with Gasteiger partial charge >= 0.3 is 5.97 Å². The molecule has 0 aliphatic heterocycles. The number of aromatic carboxylic acids is 1. The van der Waals surface area contributed by atoms with Gasteiger partial charge in [0.25, 0.3) is 0 Å². The number of hydrogen-bond donors (Lipinski definition) is 2. The number of nitrogens with zero attached hydrogens (tertiary/aromatic N) is 2. The van der Waals surface area contributed by atoms with E-state index in [1.807, 2.05) is 4.57 Å². The third-order valence-corrected chi connectivity index (χ3v) is 2.73. The molecule has 0 spiro atoms. The molecule has 0 aliphatic carbocycles. The quantitative estimate of drug-likeness (QED) is 0.808. The zero-order chi connectivity index (χ0) is 13.1. The van der Waals surface area contributed by atoms with Crippen LogP contribution in [0, 0.1) is 0 Å². The summed E-state index contributed by atoms with van der Waals surface area (Å²) in [6.07, 6.45) is 5.28. The normalized spacial score (nSPS) is 10.5. The molecule has 0 aliphatic rings. The Labute approximate surface area is 105 Å². The molecule has 1 aromatic carbocycles. The standard InChI is InChI=1S/C13H15N3O2/c1-2-3-12-15-6-7-16(12)11-8-9(13(17)18)4-5-10(11)14/h4-8H,2-3,14H2,1H3,(H,17,18). The maximum atomic E-state index is 11.0. The van der Waals surface area contributed by atoms with Crippen molar-refractivity contribution in [1.29, 1.82) is 0 Å². The predicted molar refractivity (Wildman–Crippen MR) is 68.9 cm³/mol. The highest BCUT2D eigenvalue weighted by Gasteiger charge is 2.11. The maximum Gasteiger partial charge on any atom is 0.335 e. The van der Waals surface area contributed by atoms with Gasteiger partial charge in [-0.3, -0.25) is 0 Å². The van der Waals surface area contributed by atoms with Crippen molar-refractivity contribution in [3.05, 3.63) is 42.0 Å². The van der Waals surface area contributed by atoms with Crippen molar-refractivity contribution in [3.8, 4) is 5.69 Å². The van der Waals surface area contributed by atoms with Crippen molar-refractivity contribution in [1.82, 2.24) is 9.55 Å². The van der Waals surface area contributed by atoms with Crippen molar-refractivity contribution in [2.24, 2.45) is 0 Å². The minimum absolute atomic E-state index is 0.218. The van der Waals surface area contributed by atoms with Gasteiger partial charge in [0.15, 0.2) is 0 Å². The summed E-state index contributed by atoms with van der Waals surface area (Å²) in [7, 11) is 0. The second kappa shape index (κ2) is 4.91. The Bertz CT molecular complexity index is 575. The van der Waals surface area contributed by atoms with E-state index in [1.165, 1.54) is 6.07 Å². The molecule has 3 N–H and O–H groups in total. The summed E-state index contributed by atoms with van der Waals surface area (Å²) in [6.45, 7) is 2.07. The Morgan fingerprint density at radius 2 is 2.28 bits per heavy atom. The molecule has 0 atom stereocenters. The Morgan fingerprint density at radius 1 is 1.50 bits per heavy atom. The van der Waals surface area contributed by atoms with E-state index in [9.17, 15) is 4.79 Å². The molecule has 0 saturated heterocycles. The van der Waals surface area contributed by atoms with E-state index < -0.39 is 5.97 Å². The van der Waals surface area contributed by atoms with Crippen LogP contribution in [0.25, 0.3) is 5.69 Å². The number of nitrogen functional groups attached to an aromatic ring is 1. The SMILES string of the molecule is CCCc1nccn1-c1cc(C(=O)O)ccc1N. The number of nitrogens with two attached hydrogens (primary N) is 1. The number of anilines is 1. The second-order valence-corrected chi connectivity index (χ2v) is 4.04. The first-order chi connectivity index (χ1) is 8.63. The van der Waals surface area contributed by atoms with E-state index in [0.717, 1.165) is 18.7 Å². The van der Waals surface area contributed by atoms with Gasteiger partial charge in [0.05, 0.1) is 16.9 Å². The molecule has 0 fully saturated rings. The van der Waals surface area contributed by atoms with Gasteiger partial charge in [-0.1, -0.05) is 6.92 Å². The van der Waals surface area contributed by atoms with Crippen molar-refractivity contribution < 1.29 is 9.90 Å². The predicted octanol–water partition coefficient (Wildman–Crippen LogP) is 2.11. The third kappa shape index (κ3) is 2.20. The van der Waals surface area contributed by atoms with Gasteiger partial charge < -0.3 is 15.4 Å². The van der Waals surface area contributed by atoms with E-state index in [0.29, 0.717) is 11.4 Å². The van der Waals surface area contributed by atoms with Crippen LogP contribution in [0.1, 0.15) is 29.5 Å². The van der Waals surface area contributed by atoms with Crippen LogP contribution in [0.3, 0.4) is 0 Å². The first-order valence-electron chi connectivity index (χ1n) is 5.79. The number of carbonyl (C=O) groups is 1. The number of benzene rings is 1. The highest BCUT2D eigenvalue weighted by Crippen LogP contribution is 2.21. The second-order valence-electron chi connectivity index (χ2n) is 4.04. The van der Waals surface area contributed by atoms with E-state index in [2.05, 4.69) is 11.9 Å². The minimum atomic E-state index is -0.964. The lowest BCUT2D eigenvalue weighted by molar-refractivity contribution is 0.0697. The van der Waals surface area contributed by atoms with Crippen LogP contribution in [0.15, 0.2) is 30.6 Å². The lowest BCUT2D eigenvalue weighted by atomic mass is 10.1. The van der Waals surface area contributed by atoms with E-state index in [-0.39, 0.29) is 5.56 Å². The first-order valence-corrected chi connectivity index (χ1v) is 5.79. The van der Waals surface area contributed by atoms with Crippen molar-refractivity contribution >= 4 is 11.7 Å². The number of imidazole rings is 1. The van der Waals surface area contributed by atoms with Crippen LogP contribution in [-0.4, -0.2) is 20.6 Å². The van der Waals surface area contributed by atoms with Crippen LogP contribution in [0.5, 0.6) is 0 Å². The fraction of sp³-hybridized carbons (Fsp3) is 0.231. The monoisotopic (exact) mass is 245 g/mol. The van der Waals surface area contributed by atoms with Crippen molar-refractivity contribution in [2.75, 3.05) is 5.73 Å². The Balaban J connectivity index is 2.52. The average Bonchev–Trinajstić information content (AvgIpc) is 2.78. The molecule has 0 amide bonds. The van der Waals surface area contributed by atoms with Gasteiger partial charge in [0.1, 0.15) is 5.82 Å². The number of hydrogen-bond acceptors (Lipinski definition) is 3. The first kappa shape index (κ1) is 12.2. The van der Waals surface area contributed by atoms with Crippen LogP contribution in [0.2, 0.25) is 0 Å². The van der Waals surface area contributed by atoms with E-state index in [4.69, 9.17) is 10.8 Å². The number of aromatic nitrogens is 2. The number of rotatable bonds is 4. The van der Waals surface area contributed by atoms with Gasteiger partial charge in [-0.25, -0.2) is 9.78 Å². The Hall–Kier alpha value is -2.30. The minimum Gasteiger partial charge on any atom is -0.478 e. The molecule has 0 saturated carbocycles. The molecular weight excluding hydrogens is 230 g/mol. The third-order valence-electron chi connectivity index (χ3n) is 2.73. The zero-order valence-electron chi connectivity index (χ0n) is 10.1. The Kier molecular flexibility index (Phi) is 3.32. The fourth-order valence-corrected chi connectivity index (χ4v) is 1.85. The van der Waals surface area contributed by atoms with E-state index in [1.54, 1.807) is 24.5 Å². The summed E-state index contributed by atoms with van der Waals surface area (Å²) in [5.74, 6) is -0.0832. The van der Waals surface area contributed by atoms with Crippen LogP contribution in [0.4, 0.5) is 5.69 Å². The lowest BCUT2D eigenvalue weighted by Crippen LogP contribution is -2.06. The lowest BCUT2D eigenvalue weighted by Gasteiger charge is -2.11. The highest BCUT2D eigenvalue weighted by molar-refractivity contribution is 5.89. The topological polar surface area (TPSA) is 81.1 Å². The highest BCUT2D eigenvalue weighted by atomic mass is 16.4. The molecule has 0 bridgehead atoms. The van der Waals surface area contributed by atoms with Crippen molar-refractivity contribution in [2.45, 2.75) is 19.8 Å². The molecule has 1 heterocycles. The molecule has 0 unspecified atom stereocenters. The van der Waals surface area contributed by atoms with Gasteiger partial charge in [-0.15, -0.1) is 0 Å². The molecule has 0 radical (unpaired) electrons. The molecule has 18 heavy (non-hydrogen) atoms. The van der Waals surface area contributed by atoms with Crippen LogP contribution >= 0.6 is 0 Å². The smallest absolute Gasteiger partial charge is 0.335 e. The summed E-state index contributed by atoms with van der Waals surface area (Å²) >= 11 is 0. The largest absolute Gasteiger partial charge is 0.478 e. The van der Waals surface area contributed by atoms with Crippen molar-refractivity contribution in [3.63, 3.8) is 0 Å². The van der Waals surface area contributed by atoms with Gasteiger partial charge in [0, 0.05) is 18.8 Å². The van der Waals surface area contributed by atoms with Gasteiger partial charge in [0.2, 0.25) is 0 Å². The zero-order valence-corrected chi connectivity index (χ0v) is 10.1. The van der Waals surface area contributed by atoms with Gasteiger partial charge in [-0.2, -0.15) is 0 Å². The summed E-state index contributed by atoms with van der Waals surface area (Å²) < 4.78 is 1.84. The fourth-order valence-electron chi connectivity index (χ4n) is 1.85. The molecule has 5 nitrogen and oxygen atoms in total. The van der Waals surface area contributed by atoms with Crippen LogP contribution < -0.4 is 5.73 Å².